The van der Waals surface area contributed by atoms with Crippen LogP contribution >= 0.6 is 0 Å². The van der Waals surface area contributed by atoms with Crippen molar-refractivity contribution in [1.29, 1.82) is 5.26 Å². The molecule has 0 heterocycles. The van der Waals surface area contributed by atoms with Gasteiger partial charge in [-0.2, -0.15) is 5.26 Å². The van der Waals surface area contributed by atoms with Crippen LogP contribution in [-0.4, -0.2) is 24.3 Å². The van der Waals surface area contributed by atoms with Gasteiger partial charge < -0.3 is 4.74 Å². The standard InChI is InChI=1S/C14H24N2O/c1-11(2)6-8-17-13-5-7-14(9-13,10-15)16-12-3-4-12/h11-13,16H,3-9H2,1-2H3. The van der Waals surface area contributed by atoms with E-state index in [4.69, 9.17) is 4.74 Å². The highest BCUT2D eigenvalue weighted by Crippen LogP contribution is 2.35. The Bertz CT molecular complexity index is 293. The van der Waals surface area contributed by atoms with E-state index in [0.29, 0.717) is 18.1 Å². The number of nitrogens with one attached hydrogen (secondary N) is 1. The van der Waals surface area contributed by atoms with Gasteiger partial charge in [-0.05, 0) is 38.0 Å². The first kappa shape index (κ1) is 12.9. The lowest BCUT2D eigenvalue weighted by molar-refractivity contribution is 0.0479. The molecule has 0 aromatic carbocycles. The summed E-state index contributed by atoms with van der Waals surface area (Å²) >= 11 is 0. The molecule has 0 spiro atoms. The van der Waals surface area contributed by atoms with Crippen LogP contribution in [0.15, 0.2) is 0 Å². The van der Waals surface area contributed by atoms with Gasteiger partial charge in [0.15, 0.2) is 0 Å². The van der Waals surface area contributed by atoms with E-state index in [2.05, 4.69) is 25.2 Å². The number of hydrogen-bond donors (Lipinski definition) is 1. The van der Waals surface area contributed by atoms with Gasteiger partial charge in [0.05, 0.1) is 12.2 Å². The first-order valence-corrected chi connectivity index (χ1v) is 6.94. The predicted octanol–water partition coefficient (Wildman–Crippen LogP) is 2.62. The maximum atomic E-state index is 9.36. The fraction of sp³-hybridized carbons (Fsp3) is 0.929. The SMILES string of the molecule is CC(C)CCOC1CCC(C#N)(NC2CC2)C1. The van der Waals surface area contributed by atoms with Gasteiger partial charge in [0.1, 0.15) is 5.54 Å². The fourth-order valence-corrected chi connectivity index (χ4v) is 2.50. The van der Waals surface area contributed by atoms with Gasteiger partial charge in [0.2, 0.25) is 0 Å². The second-order valence-electron chi connectivity index (χ2n) is 6.03. The number of hydrogen-bond acceptors (Lipinski definition) is 3. The van der Waals surface area contributed by atoms with E-state index in [0.717, 1.165) is 32.3 Å². The van der Waals surface area contributed by atoms with Gasteiger partial charge in [-0.25, -0.2) is 0 Å². The molecule has 0 saturated heterocycles. The molecule has 0 aliphatic heterocycles. The first-order chi connectivity index (χ1) is 8.13. The largest absolute Gasteiger partial charge is 0.378 e. The van der Waals surface area contributed by atoms with Crippen molar-refractivity contribution in [3.63, 3.8) is 0 Å². The number of nitrogens with zero attached hydrogens (tertiary/aromatic N) is 1. The Morgan fingerprint density at radius 2 is 2.18 bits per heavy atom. The van der Waals surface area contributed by atoms with E-state index < -0.39 is 0 Å². The first-order valence-electron chi connectivity index (χ1n) is 6.94. The highest BCUT2D eigenvalue weighted by Gasteiger charge is 2.43. The maximum Gasteiger partial charge on any atom is 0.109 e. The fourth-order valence-electron chi connectivity index (χ4n) is 2.50. The molecule has 2 rings (SSSR count). The van der Waals surface area contributed by atoms with E-state index >= 15 is 0 Å². The second-order valence-corrected chi connectivity index (χ2v) is 6.03. The molecule has 2 atom stereocenters. The maximum absolute atomic E-state index is 9.36. The van der Waals surface area contributed by atoms with Crippen LogP contribution in [0.5, 0.6) is 0 Å². The molecular weight excluding hydrogens is 212 g/mol. The van der Waals surface area contributed by atoms with Crippen LogP contribution in [-0.2, 0) is 4.74 Å². The minimum atomic E-state index is -0.288. The molecule has 1 N–H and O–H groups in total. The number of ether oxygens (including phenoxy) is 1. The average molecular weight is 236 g/mol. The third-order valence-corrected chi connectivity index (χ3v) is 3.79. The highest BCUT2D eigenvalue weighted by molar-refractivity contribution is 5.14. The Morgan fingerprint density at radius 1 is 1.41 bits per heavy atom. The van der Waals surface area contributed by atoms with Gasteiger partial charge >= 0.3 is 0 Å². The molecule has 17 heavy (non-hydrogen) atoms. The van der Waals surface area contributed by atoms with E-state index in [1.165, 1.54) is 12.8 Å². The van der Waals surface area contributed by atoms with Crippen LogP contribution in [0.25, 0.3) is 0 Å². The lowest BCUT2D eigenvalue weighted by atomic mass is 9.99. The van der Waals surface area contributed by atoms with Crippen LogP contribution < -0.4 is 5.32 Å². The van der Waals surface area contributed by atoms with Crippen molar-refractivity contribution >= 4 is 0 Å². The summed E-state index contributed by atoms with van der Waals surface area (Å²) in [5.41, 5.74) is -0.288. The van der Waals surface area contributed by atoms with Crippen LogP contribution in [0.3, 0.4) is 0 Å². The number of rotatable bonds is 6. The molecule has 2 aliphatic rings. The molecule has 0 aromatic heterocycles. The van der Waals surface area contributed by atoms with Crippen LogP contribution in [0, 0.1) is 17.2 Å². The van der Waals surface area contributed by atoms with Crippen molar-refractivity contribution in [2.24, 2.45) is 5.92 Å². The summed E-state index contributed by atoms with van der Waals surface area (Å²) in [5, 5.41) is 12.9. The second kappa shape index (κ2) is 5.37. The van der Waals surface area contributed by atoms with Gasteiger partial charge in [-0.3, -0.25) is 5.32 Å². The Morgan fingerprint density at radius 3 is 2.76 bits per heavy atom. The van der Waals surface area contributed by atoms with E-state index in [1.54, 1.807) is 0 Å². The van der Waals surface area contributed by atoms with Crippen molar-refractivity contribution in [2.45, 2.75) is 70.1 Å². The molecule has 3 nitrogen and oxygen atoms in total. The third kappa shape index (κ3) is 3.69. The summed E-state index contributed by atoms with van der Waals surface area (Å²) in [4.78, 5) is 0. The van der Waals surface area contributed by atoms with Crippen LogP contribution in [0.4, 0.5) is 0 Å². The predicted molar refractivity (Wildman–Crippen MR) is 67.5 cm³/mol. The summed E-state index contributed by atoms with van der Waals surface area (Å²) in [5.74, 6) is 0.696. The minimum Gasteiger partial charge on any atom is -0.378 e. The molecule has 2 fully saturated rings. The van der Waals surface area contributed by atoms with Gasteiger partial charge in [0.25, 0.3) is 0 Å². The molecule has 2 saturated carbocycles. The number of nitriles is 1. The van der Waals surface area contributed by atoms with E-state index in [9.17, 15) is 5.26 Å². The van der Waals surface area contributed by atoms with E-state index in [1.807, 2.05) is 0 Å². The molecule has 3 heteroatoms. The van der Waals surface area contributed by atoms with Crippen LogP contribution in [0.2, 0.25) is 0 Å². The lowest BCUT2D eigenvalue weighted by Crippen LogP contribution is -2.43. The Hall–Kier alpha value is -0.590. The monoisotopic (exact) mass is 236 g/mol. The van der Waals surface area contributed by atoms with Gasteiger partial charge in [0, 0.05) is 19.1 Å². The summed E-state index contributed by atoms with van der Waals surface area (Å²) in [7, 11) is 0. The zero-order valence-corrected chi connectivity index (χ0v) is 11.0. The zero-order chi connectivity index (χ0) is 12.3. The molecule has 0 aromatic rings. The summed E-state index contributed by atoms with van der Waals surface area (Å²) in [6.07, 6.45) is 6.74. The molecule has 2 aliphatic carbocycles. The summed E-state index contributed by atoms with van der Waals surface area (Å²) < 4.78 is 5.88. The quantitative estimate of drug-likeness (QED) is 0.771. The molecule has 0 amide bonds. The van der Waals surface area contributed by atoms with Crippen molar-refractivity contribution < 1.29 is 4.74 Å². The molecular formula is C14H24N2O. The Kier molecular flexibility index (Phi) is 4.06. The topological polar surface area (TPSA) is 45.0 Å². The van der Waals surface area contributed by atoms with Gasteiger partial charge in [-0.1, -0.05) is 13.8 Å². The minimum absolute atomic E-state index is 0.288. The Labute approximate surface area is 105 Å². The zero-order valence-electron chi connectivity index (χ0n) is 11.0. The van der Waals surface area contributed by atoms with Crippen molar-refractivity contribution in [3.05, 3.63) is 0 Å². The van der Waals surface area contributed by atoms with Gasteiger partial charge in [-0.15, -0.1) is 0 Å². The molecule has 0 radical (unpaired) electrons. The molecule has 0 bridgehead atoms. The van der Waals surface area contributed by atoms with Crippen molar-refractivity contribution in [1.82, 2.24) is 5.32 Å². The smallest absolute Gasteiger partial charge is 0.109 e. The summed E-state index contributed by atoms with van der Waals surface area (Å²) in [6, 6.07) is 3.09. The summed E-state index contributed by atoms with van der Waals surface area (Å²) in [6.45, 7) is 5.27. The average Bonchev–Trinajstić information content (AvgIpc) is 2.99. The molecule has 96 valence electrons. The Balaban J connectivity index is 1.74. The van der Waals surface area contributed by atoms with Crippen LogP contribution in [0.1, 0.15) is 52.4 Å². The normalized spacial score (nSPS) is 32.9. The van der Waals surface area contributed by atoms with Crippen molar-refractivity contribution in [2.75, 3.05) is 6.61 Å². The highest BCUT2D eigenvalue weighted by atomic mass is 16.5. The van der Waals surface area contributed by atoms with Crippen molar-refractivity contribution in [3.8, 4) is 6.07 Å². The lowest BCUT2D eigenvalue weighted by Gasteiger charge is -2.22. The third-order valence-electron chi connectivity index (χ3n) is 3.79. The molecule has 2 unspecified atom stereocenters. The van der Waals surface area contributed by atoms with E-state index in [-0.39, 0.29) is 5.54 Å².